The number of carboxylic acids is 1. The van der Waals surface area contributed by atoms with Gasteiger partial charge in [0, 0.05) is 18.2 Å². The summed E-state index contributed by atoms with van der Waals surface area (Å²) in [4.78, 5) is 17.6. The van der Waals surface area contributed by atoms with Crippen LogP contribution in [0.4, 0.5) is 0 Å². The van der Waals surface area contributed by atoms with Crippen LogP contribution in [-0.2, 0) is 9.63 Å². The van der Waals surface area contributed by atoms with E-state index >= 15 is 0 Å². The van der Waals surface area contributed by atoms with Crippen molar-refractivity contribution in [3.8, 4) is 0 Å². The van der Waals surface area contributed by atoms with Gasteiger partial charge in [-0.3, -0.25) is 4.79 Å². The summed E-state index contributed by atoms with van der Waals surface area (Å²) in [6.07, 6.45) is 1.46. The van der Waals surface area contributed by atoms with Crippen LogP contribution in [0.5, 0.6) is 0 Å². The fraction of sp³-hybridized carbons (Fsp3) is 0.333. The van der Waals surface area contributed by atoms with Crippen molar-refractivity contribution in [2.45, 2.75) is 18.9 Å². The molecule has 0 bridgehead atoms. The van der Waals surface area contributed by atoms with Crippen molar-refractivity contribution < 1.29 is 14.7 Å². The molecule has 0 spiro atoms. The zero-order chi connectivity index (χ0) is 16.8. The molecular weight excluding hydrogens is 324 g/mol. The average Bonchev–Trinajstić information content (AvgIpc) is 3.14. The maximum Gasteiger partial charge on any atom is 0.307 e. The Balaban J connectivity index is 1.62. The van der Waals surface area contributed by atoms with Gasteiger partial charge in [-0.1, -0.05) is 41.6 Å². The van der Waals surface area contributed by atoms with Crippen LogP contribution >= 0.6 is 11.3 Å². The number of nitrogens with zero attached hydrogens (tertiary/aromatic N) is 1. The number of hydrogen-bond donors (Lipinski definition) is 2. The van der Waals surface area contributed by atoms with E-state index in [2.05, 4.69) is 10.5 Å². The van der Waals surface area contributed by atoms with Crippen LogP contribution in [0, 0.1) is 5.92 Å². The Morgan fingerprint density at radius 1 is 1.25 bits per heavy atom. The fourth-order valence-corrected chi connectivity index (χ4v) is 3.44. The van der Waals surface area contributed by atoms with Gasteiger partial charge in [0.1, 0.15) is 12.3 Å². The van der Waals surface area contributed by atoms with Crippen molar-refractivity contribution in [3.05, 3.63) is 58.3 Å². The Kier molecular flexibility index (Phi) is 5.61. The maximum absolute atomic E-state index is 11.0. The van der Waals surface area contributed by atoms with Crippen LogP contribution in [0.1, 0.15) is 23.3 Å². The van der Waals surface area contributed by atoms with E-state index < -0.39 is 5.97 Å². The number of nitrogens with one attached hydrogen (secondary N) is 1. The number of aliphatic carboxylic acids is 1. The third kappa shape index (κ3) is 4.21. The summed E-state index contributed by atoms with van der Waals surface area (Å²) in [7, 11) is 0. The Hall–Kier alpha value is -2.18. The van der Waals surface area contributed by atoms with Gasteiger partial charge in [0.25, 0.3) is 0 Å². The van der Waals surface area contributed by atoms with E-state index in [0.29, 0.717) is 19.6 Å². The Morgan fingerprint density at radius 3 is 2.71 bits per heavy atom. The number of rotatable bonds is 6. The van der Waals surface area contributed by atoms with Gasteiger partial charge >= 0.3 is 5.97 Å². The molecule has 126 valence electrons. The first-order chi connectivity index (χ1) is 11.7. The van der Waals surface area contributed by atoms with Gasteiger partial charge < -0.3 is 15.3 Å². The van der Waals surface area contributed by atoms with E-state index in [0.717, 1.165) is 22.6 Å². The molecule has 2 aromatic rings. The maximum atomic E-state index is 11.0. The molecule has 2 atom stereocenters. The van der Waals surface area contributed by atoms with Crippen molar-refractivity contribution in [3.63, 3.8) is 0 Å². The first-order valence-corrected chi connectivity index (χ1v) is 8.87. The molecule has 6 heteroatoms. The van der Waals surface area contributed by atoms with E-state index in [-0.39, 0.29) is 12.0 Å². The van der Waals surface area contributed by atoms with Crippen molar-refractivity contribution in [2.24, 2.45) is 11.1 Å². The summed E-state index contributed by atoms with van der Waals surface area (Å²) in [5.41, 5.74) is 1.84. The zero-order valence-electron chi connectivity index (χ0n) is 13.2. The minimum absolute atomic E-state index is 0.143. The fourth-order valence-electron chi connectivity index (χ4n) is 2.71. The quantitative estimate of drug-likeness (QED) is 0.624. The number of benzene rings is 1. The Morgan fingerprint density at radius 2 is 2.08 bits per heavy atom. The molecule has 0 saturated carbocycles. The van der Waals surface area contributed by atoms with E-state index in [1.165, 1.54) is 0 Å². The largest absolute Gasteiger partial charge is 0.481 e. The van der Waals surface area contributed by atoms with Crippen LogP contribution in [0.15, 0.2) is 53.0 Å². The Labute approximate surface area is 145 Å². The van der Waals surface area contributed by atoms with Crippen molar-refractivity contribution in [1.29, 1.82) is 0 Å². The van der Waals surface area contributed by atoms with Crippen LogP contribution in [0.25, 0.3) is 0 Å². The number of piperidine rings is 1. The van der Waals surface area contributed by atoms with Crippen molar-refractivity contribution in [2.75, 3.05) is 13.2 Å². The molecule has 1 saturated heterocycles. The number of hydrogen-bond acceptors (Lipinski definition) is 5. The second kappa shape index (κ2) is 8.08. The third-order valence-corrected chi connectivity index (χ3v) is 4.98. The smallest absolute Gasteiger partial charge is 0.307 e. The third-order valence-electron chi connectivity index (χ3n) is 4.10. The molecule has 2 N–H and O–H groups in total. The van der Waals surface area contributed by atoms with E-state index in [4.69, 9.17) is 9.94 Å². The molecule has 1 aromatic carbocycles. The highest BCUT2D eigenvalue weighted by Crippen LogP contribution is 2.18. The summed E-state index contributed by atoms with van der Waals surface area (Å²) in [6.45, 7) is 0.928. The number of oxime groups is 1. The standard InChI is InChI=1S/C18H20N2O3S/c21-18(22)14-8-9-15(19-11-14)12-23-20-17(16-7-4-10-24-16)13-5-2-1-3-6-13/h1-7,10,14-15,19H,8-9,11-12H2,(H,21,22)/b20-17-/t14-,15+/m1/s1. The van der Waals surface area contributed by atoms with Gasteiger partial charge in [-0.25, -0.2) is 0 Å². The van der Waals surface area contributed by atoms with Gasteiger partial charge in [0.2, 0.25) is 0 Å². The van der Waals surface area contributed by atoms with E-state index in [1.807, 2.05) is 47.8 Å². The van der Waals surface area contributed by atoms with E-state index in [1.54, 1.807) is 11.3 Å². The summed E-state index contributed by atoms with van der Waals surface area (Å²) < 4.78 is 0. The van der Waals surface area contributed by atoms with Crippen LogP contribution in [0.2, 0.25) is 0 Å². The zero-order valence-corrected chi connectivity index (χ0v) is 14.0. The summed E-state index contributed by atoms with van der Waals surface area (Å²) in [5, 5.41) is 18.6. The first kappa shape index (κ1) is 16.7. The van der Waals surface area contributed by atoms with Gasteiger partial charge in [-0.2, -0.15) is 0 Å². The normalized spacial score (nSPS) is 21.4. The topological polar surface area (TPSA) is 70.9 Å². The number of carboxylic acid groups (broad SMARTS) is 1. The van der Waals surface area contributed by atoms with Crippen molar-refractivity contribution >= 4 is 23.0 Å². The molecule has 24 heavy (non-hydrogen) atoms. The molecule has 0 radical (unpaired) electrons. The molecule has 0 unspecified atom stereocenters. The highest BCUT2D eigenvalue weighted by molar-refractivity contribution is 7.12. The molecule has 2 heterocycles. The predicted molar refractivity (Wildman–Crippen MR) is 94.5 cm³/mol. The molecule has 5 nitrogen and oxygen atoms in total. The van der Waals surface area contributed by atoms with Crippen molar-refractivity contribution in [1.82, 2.24) is 5.32 Å². The average molecular weight is 344 g/mol. The number of carbonyl (C=O) groups is 1. The minimum atomic E-state index is -0.732. The highest BCUT2D eigenvalue weighted by Gasteiger charge is 2.25. The monoisotopic (exact) mass is 344 g/mol. The van der Waals surface area contributed by atoms with Crippen LogP contribution in [0.3, 0.4) is 0 Å². The van der Waals surface area contributed by atoms with Crippen LogP contribution in [-0.4, -0.2) is 36.0 Å². The van der Waals surface area contributed by atoms with Gasteiger partial charge in [-0.15, -0.1) is 11.3 Å². The molecule has 0 amide bonds. The van der Waals surface area contributed by atoms with Gasteiger partial charge in [0.15, 0.2) is 0 Å². The summed E-state index contributed by atoms with van der Waals surface area (Å²) in [5.74, 6) is -1.03. The van der Waals surface area contributed by atoms with Gasteiger partial charge in [0.05, 0.1) is 10.8 Å². The molecular formula is C18H20N2O3S. The second-order valence-corrected chi connectivity index (χ2v) is 6.74. The molecule has 3 rings (SSSR count). The molecule has 1 fully saturated rings. The lowest BCUT2D eigenvalue weighted by molar-refractivity contribution is -0.142. The highest BCUT2D eigenvalue weighted by atomic mass is 32.1. The summed E-state index contributed by atoms with van der Waals surface area (Å²) >= 11 is 1.62. The predicted octanol–water partition coefficient (Wildman–Crippen LogP) is 2.97. The lowest BCUT2D eigenvalue weighted by Crippen LogP contribution is -2.43. The molecule has 0 aliphatic carbocycles. The minimum Gasteiger partial charge on any atom is -0.481 e. The number of thiophene rings is 1. The van der Waals surface area contributed by atoms with Gasteiger partial charge in [-0.05, 0) is 24.3 Å². The van der Waals surface area contributed by atoms with Crippen LogP contribution < -0.4 is 5.32 Å². The molecule has 1 aromatic heterocycles. The first-order valence-electron chi connectivity index (χ1n) is 7.99. The lowest BCUT2D eigenvalue weighted by Gasteiger charge is -2.26. The SMILES string of the molecule is O=C(O)[C@@H]1CC[C@@H](CO/N=C(/c2ccccc2)c2cccs2)NC1. The summed E-state index contributed by atoms with van der Waals surface area (Å²) in [6, 6.07) is 14.1. The lowest BCUT2D eigenvalue weighted by atomic mass is 9.95. The second-order valence-electron chi connectivity index (χ2n) is 5.80. The van der Waals surface area contributed by atoms with E-state index in [9.17, 15) is 4.79 Å². The molecule has 1 aliphatic rings. The Bertz CT molecular complexity index is 678. The molecule has 1 aliphatic heterocycles.